The molecule has 3 atom stereocenters. The quantitative estimate of drug-likeness (QED) is 0.478. The molecule has 0 fully saturated rings. The van der Waals surface area contributed by atoms with Crippen LogP contribution in [0, 0.1) is 0 Å². The summed E-state index contributed by atoms with van der Waals surface area (Å²) in [4.78, 5) is 12.6. The fourth-order valence-electron chi connectivity index (χ4n) is 1.14. The Kier molecular flexibility index (Phi) is 5.09. The third-order valence-corrected chi connectivity index (χ3v) is 1.86. The van der Waals surface area contributed by atoms with E-state index in [-0.39, 0.29) is 0 Å². The van der Waals surface area contributed by atoms with Crippen LogP contribution in [0.15, 0.2) is 0 Å². The summed E-state index contributed by atoms with van der Waals surface area (Å²) in [5.41, 5.74) is 0. The van der Waals surface area contributed by atoms with Crippen molar-refractivity contribution in [1.82, 2.24) is 4.90 Å². The molecule has 3 N–H and O–H groups in total. The minimum Gasteiger partial charge on any atom is -0.391 e. The van der Waals surface area contributed by atoms with Crippen LogP contribution in [0.2, 0.25) is 0 Å². The number of carbonyl (C=O) groups is 1. The number of rotatable bonds is 5. The van der Waals surface area contributed by atoms with Gasteiger partial charge >= 0.3 is 0 Å². The van der Waals surface area contributed by atoms with Crippen molar-refractivity contribution in [3.05, 3.63) is 0 Å². The van der Waals surface area contributed by atoms with E-state index < -0.39 is 30.6 Å². The maximum Gasteiger partial charge on any atom is 0.177 e. The highest BCUT2D eigenvalue weighted by atomic mass is 16.3. The van der Waals surface area contributed by atoms with Crippen molar-refractivity contribution in [3.63, 3.8) is 0 Å². The van der Waals surface area contributed by atoms with Gasteiger partial charge in [0.2, 0.25) is 0 Å². The molecule has 13 heavy (non-hydrogen) atoms. The molecule has 0 unspecified atom stereocenters. The van der Waals surface area contributed by atoms with Crippen LogP contribution in [0.1, 0.15) is 6.92 Å². The van der Waals surface area contributed by atoms with Crippen molar-refractivity contribution < 1.29 is 20.1 Å². The zero-order valence-electron chi connectivity index (χ0n) is 8.14. The number of nitrogens with zero attached hydrogens (tertiary/aromatic N) is 1. The van der Waals surface area contributed by atoms with Crippen LogP contribution in [0.4, 0.5) is 0 Å². The van der Waals surface area contributed by atoms with Crippen LogP contribution in [-0.2, 0) is 4.79 Å². The minimum absolute atomic E-state index is 0.501. The summed E-state index contributed by atoms with van der Waals surface area (Å²) in [7, 11) is 3.20. The standard InChI is InChI=1S/C8H17NO4/c1-5(11)8(13)7(9(2)3)6(12)4-10/h5,7-8,10-11,13H,4H2,1-3H3/t5-,7+,8-/m1/s1. The average molecular weight is 191 g/mol. The topological polar surface area (TPSA) is 81.0 Å². The van der Waals surface area contributed by atoms with Crippen molar-refractivity contribution in [3.8, 4) is 0 Å². The molecular formula is C8H17NO4. The largest absolute Gasteiger partial charge is 0.391 e. The first-order valence-corrected chi connectivity index (χ1v) is 4.08. The zero-order valence-corrected chi connectivity index (χ0v) is 8.14. The van der Waals surface area contributed by atoms with Crippen molar-refractivity contribution in [2.75, 3.05) is 20.7 Å². The second kappa shape index (κ2) is 5.29. The molecule has 0 amide bonds. The first-order chi connectivity index (χ1) is 5.91. The molecule has 0 aliphatic heterocycles. The SMILES string of the molecule is C[C@@H](O)[C@@H](O)[C@H](C(=O)CO)N(C)C. The second-order valence-electron chi connectivity index (χ2n) is 3.26. The van der Waals surface area contributed by atoms with E-state index in [1.54, 1.807) is 14.1 Å². The van der Waals surface area contributed by atoms with Crippen molar-refractivity contribution in [2.24, 2.45) is 0 Å². The van der Waals surface area contributed by atoms with E-state index in [9.17, 15) is 9.90 Å². The van der Waals surface area contributed by atoms with E-state index in [1.165, 1.54) is 11.8 Å². The van der Waals surface area contributed by atoms with Crippen LogP contribution < -0.4 is 0 Å². The number of hydrogen-bond donors (Lipinski definition) is 3. The lowest BCUT2D eigenvalue weighted by atomic mass is 10.0. The Morgan fingerprint density at radius 3 is 2.08 bits per heavy atom. The molecule has 0 bridgehead atoms. The second-order valence-corrected chi connectivity index (χ2v) is 3.26. The Labute approximate surface area is 77.6 Å². The zero-order chi connectivity index (χ0) is 10.6. The molecule has 0 heterocycles. The van der Waals surface area contributed by atoms with E-state index in [2.05, 4.69) is 0 Å². The normalized spacial score (nSPS) is 18.4. The van der Waals surface area contributed by atoms with Crippen LogP contribution in [-0.4, -0.2) is 65.0 Å². The predicted molar refractivity (Wildman–Crippen MR) is 47.3 cm³/mol. The third kappa shape index (κ3) is 3.40. The minimum atomic E-state index is -1.17. The van der Waals surface area contributed by atoms with E-state index >= 15 is 0 Å². The fourth-order valence-corrected chi connectivity index (χ4v) is 1.14. The van der Waals surface area contributed by atoms with Gasteiger partial charge in [-0.2, -0.15) is 0 Å². The van der Waals surface area contributed by atoms with Gasteiger partial charge in [0.05, 0.1) is 12.1 Å². The smallest absolute Gasteiger partial charge is 0.177 e. The maximum atomic E-state index is 11.1. The number of aliphatic hydroxyl groups excluding tert-OH is 3. The summed E-state index contributed by atoms with van der Waals surface area (Å²) < 4.78 is 0. The lowest BCUT2D eigenvalue weighted by Crippen LogP contribution is -2.50. The van der Waals surface area contributed by atoms with Crippen LogP contribution in [0.3, 0.4) is 0 Å². The fraction of sp³-hybridized carbons (Fsp3) is 0.875. The monoisotopic (exact) mass is 191 g/mol. The molecule has 0 aromatic heterocycles. The van der Waals surface area contributed by atoms with Gasteiger partial charge in [-0.15, -0.1) is 0 Å². The number of carbonyl (C=O) groups excluding carboxylic acids is 1. The lowest BCUT2D eigenvalue weighted by Gasteiger charge is -2.28. The van der Waals surface area contributed by atoms with Gasteiger partial charge in [-0.3, -0.25) is 9.69 Å². The highest BCUT2D eigenvalue weighted by molar-refractivity contribution is 5.85. The maximum absolute atomic E-state index is 11.1. The highest BCUT2D eigenvalue weighted by Crippen LogP contribution is 2.06. The molecule has 0 saturated heterocycles. The average Bonchev–Trinajstić information content (AvgIpc) is 2.03. The molecular weight excluding hydrogens is 174 g/mol. The summed E-state index contributed by atoms with van der Waals surface area (Å²) in [6.45, 7) is 0.762. The summed E-state index contributed by atoms with van der Waals surface area (Å²) in [6, 6.07) is -0.856. The number of ketones is 1. The van der Waals surface area contributed by atoms with Gasteiger partial charge in [0, 0.05) is 0 Å². The van der Waals surface area contributed by atoms with E-state index in [0.29, 0.717) is 0 Å². The van der Waals surface area contributed by atoms with Gasteiger partial charge in [-0.1, -0.05) is 0 Å². The van der Waals surface area contributed by atoms with Gasteiger partial charge in [0.1, 0.15) is 12.7 Å². The first kappa shape index (κ1) is 12.5. The number of likely N-dealkylation sites (N-methyl/N-ethyl adjacent to an activating group) is 1. The Hall–Kier alpha value is -0.490. The molecule has 78 valence electrons. The lowest BCUT2D eigenvalue weighted by molar-refractivity contribution is -0.133. The van der Waals surface area contributed by atoms with E-state index in [1.807, 2.05) is 0 Å². The van der Waals surface area contributed by atoms with Crippen LogP contribution in [0.5, 0.6) is 0 Å². The number of Topliss-reactive ketones (excluding diaryl/α,β-unsaturated/α-hetero) is 1. The predicted octanol–water partition coefficient (Wildman–Crippen LogP) is -1.78. The molecule has 0 saturated carbocycles. The summed E-state index contributed by atoms with van der Waals surface area (Å²) in [6.07, 6.45) is -2.17. The van der Waals surface area contributed by atoms with Gasteiger partial charge in [0.25, 0.3) is 0 Å². The molecule has 0 aliphatic rings. The Morgan fingerprint density at radius 1 is 1.38 bits per heavy atom. The van der Waals surface area contributed by atoms with Crippen LogP contribution >= 0.6 is 0 Å². The molecule has 0 aromatic rings. The van der Waals surface area contributed by atoms with E-state index in [4.69, 9.17) is 10.2 Å². The summed E-state index contributed by atoms with van der Waals surface area (Å²) in [5.74, 6) is -0.501. The van der Waals surface area contributed by atoms with Gasteiger partial charge in [-0.05, 0) is 21.0 Å². The molecule has 0 radical (unpaired) electrons. The molecule has 5 heteroatoms. The Morgan fingerprint density at radius 2 is 1.85 bits per heavy atom. The third-order valence-electron chi connectivity index (χ3n) is 1.86. The number of hydrogen-bond acceptors (Lipinski definition) is 5. The molecule has 0 aromatic carbocycles. The Bertz CT molecular complexity index is 170. The van der Waals surface area contributed by atoms with Gasteiger partial charge in [-0.25, -0.2) is 0 Å². The highest BCUT2D eigenvalue weighted by Gasteiger charge is 2.30. The molecule has 5 nitrogen and oxygen atoms in total. The summed E-state index contributed by atoms with van der Waals surface area (Å²) in [5, 5.41) is 27.1. The molecule has 0 spiro atoms. The van der Waals surface area contributed by atoms with Crippen molar-refractivity contribution in [1.29, 1.82) is 0 Å². The van der Waals surface area contributed by atoms with Crippen molar-refractivity contribution in [2.45, 2.75) is 25.2 Å². The number of aliphatic hydroxyl groups is 3. The van der Waals surface area contributed by atoms with Crippen LogP contribution in [0.25, 0.3) is 0 Å². The van der Waals surface area contributed by atoms with Gasteiger partial charge in [0.15, 0.2) is 5.78 Å². The first-order valence-electron chi connectivity index (χ1n) is 4.08. The van der Waals surface area contributed by atoms with Gasteiger partial charge < -0.3 is 15.3 Å². The molecule has 0 rings (SSSR count). The summed E-state index contributed by atoms with van der Waals surface area (Å²) >= 11 is 0. The Balaban J connectivity index is 4.51. The van der Waals surface area contributed by atoms with Crippen molar-refractivity contribution >= 4 is 5.78 Å². The molecule has 0 aliphatic carbocycles. The van der Waals surface area contributed by atoms with E-state index in [0.717, 1.165) is 0 Å².